The molecule has 2 aliphatic heterocycles. The van der Waals surface area contributed by atoms with Gasteiger partial charge in [0.2, 0.25) is 5.91 Å². The molecule has 3 atom stereocenters. The molecule has 2 aromatic rings. The Labute approximate surface area is 153 Å². The molecular formula is C20H25N3O3. The molecule has 4 rings (SSSR count). The molecule has 0 bridgehead atoms. The lowest BCUT2D eigenvalue weighted by Gasteiger charge is -2.23. The number of benzene rings is 1. The van der Waals surface area contributed by atoms with Crippen LogP contribution in [0.5, 0.6) is 0 Å². The molecule has 2 aliphatic rings. The highest BCUT2D eigenvalue weighted by Gasteiger charge is 2.32. The highest BCUT2D eigenvalue weighted by Crippen LogP contribution is 2.26. The van der Waals surface area contributed by atoms with Crippen LogP contribution in [0.15, 0.2) is 36.5 Å². The molecule has 1 aromatic heterocycles. The molecule has 0 radical (unpaired) electrons. The predicted molar refractivity (Wildman–Crippen MR) is 96.7 cm³/mol. The van der Waals surface area contributed by atoms with Crippen molar-refractivity contribution in [2.75, 3.05) is 19.8 Å². The lowest BCUT2D eigenvalue weighted by molar-refractivity contribution is -0.127. The van der Waals surface area contributed by atoms with Crippen molar-refractivity contribution in [3.8, 4) is 0 Å². The van der Waals surface area contributed by atoms with Crippen LogP contribution in [0.4, 0.5) is 0 Å². The number of hydrogen-bond acceptors (Lipinski definition) is 4. The van der Waals surface area contributed by atoms with E-state index in [1.807, 2.05) is 29.8 Å². The summed E-state index contributed by atoms with van der Waals surface area (Å²) in [6.07, 6.45) is 3.56. The summed E-state index contributed by atoms with van der Waals surface area (Å²) in [5, 5.41) is 7.76. The quantitative estimate of drug-likeness (QED) is 0.892. The molecule has 1 fully saturated rings. The smallest absolute Gasteiger partial charge is 0.225 e. The van der Waals surface area contributed by atoms with Crippen LogP contribution in [-0.4, -0.2) is 41.6 Å². The standard InChI is InChI=1S/C20H25N3O3/c1-14-17(8-10-25-14)20(24)21-11-18-19-16(7-9-26-18)13-23(22-19)12-15-5-3-2-4-6-15/h2-6,13-14,17-18H,7-12H2,1H3,(H,21,24)/t14-,17-,18+/m0/s1. The highest BCUT2D eigenvalue weighted by atomic mass is 16.5. The van der Waals surface area contributed by atoms with Crippen LogP contribution in [0, 0.1) is 5.92 Å². The fourth-order valence-corrected chi connectivity index (χ4v) is 3.74. The molecule has 138 valence electrons. The second kappa shape index (κ2) is 7.60. The fourth-order valence-electron chi connectivity index (χ4n) is 3.74. The number of carbonyl (C=O) groups excluding carboxylic acids is 1. The Bertz CT molecular complexity index is 759. The van der Waals surface area contributed by atoms with E-state index in [0.29, 0.717) is 19.8 Å². The van der Waals surface area contributed by atoms with Crippen LogP contribution in [-0.2, 0) is 27.2 Å². The van der Waals surface area contributed by atoms with Gasteiger partial charge in [-0.25, -0.2) is 0 Å². The Balaban J connectivity index is 1.41. The van der Waals surface area contributed by atoms with Gasteiger partial charge in [-0.05, 0) is 30.9 Å². The highest BCUT2D eigenvalue weighted by molar-refractivity contribution is 5.79. The average molecular weight is 355 g/mol. The van der Waals surface area contributed by atoms with Crippen molar-refractivity contribution in [2.24, 2.45) is 5.92 Å². The minimum atomic E-state index is -0.183. The number of rotatable bonds is 5. The summed E-state index contributed by atoms with van der Waals surface area (Å²) < 4.78 is 13.3. The van der Waals surface area contributed by atoms with Crippen molar-refractivity contribution in [1.82, 2.24) is 15.1 Å². The number of fused-ring (bicyclic) bond motifs is 1. The van der Waals surface area contributed by atoms with E-state index in [-0.39, 0.29) is 24.0 Å². The lowest BCUT2D eigenvalue weighted by Crippen LogP contribution is -2.38. The molecule has 0 aliphatic carbocycles. The zero-order chi connectivity index (χ0) is 17.9. The van der Waals surface area contributed by atoms with E-state index < -0.39 is 0 Å². The van der Waals surface area contributed by atoms with E-state index in [1.165, 1.54) is 11.1 Å². The van der Waals surface area contributed by atoms with E-state index in [4.69, 9.17) is 14.6 Å². The summed E-state index contributed by atoms with van der Waals surface area (Å²) in [4.78, 5) is 12.4. The average Bonchev–Trinajstić information content (AvgIpc) is 3.26. The van der Waals surface area contributed by atoms with Crippen LogP contribution >= 0.6 is 0 Å². The van der Waals surface area contributed by atoms with Gasteiger partial charge >= 0.3 is 0 Å². The number of carbonyl (C=O) groups is 1. The summed E-state index contributed by atoms with van der Waals surface area (Å²) >= 11 is 0. The molecule has 1 saturated heterocycles. The summed E-state index contributed by atoms with van der Waals surface area (Å²) in [6.45, 7) is 4.47. The Morgan fingerprint density at radius 3 is 2.88 bits per heavy atom. The van der Waals surface area contributed by atoms with Crippen molar-refractivity contribution in [2.45, 2.75) is 38.5 Å². The van der Waals surface area contributed by atoms with Gasteiger partial charge in [0.15, 0.2) is 0 Å². The third kappa shape index (κ3) is 3.66. The topological polar surface area (TPSA) is 65.4 Å². The second-order valence-corrected chi connectivity index (χ2v) is 7.05. The maximum absolute atomic E-state index is 12.4. The number of hydrogen-bond donors (Lipinski definition) is 1. The molecule has 0 unspecified atom stereocenters. The zero-order valence-electron chi connectivity index (χ0n) is 15.1. The molecule has 6 heteroatoms. The molecule has 1 amide bonds. The normalized spacial score (nSPS) is 25.0. The summed E-state index contributed by atoms with van der Waals surface area (Å²) in [5.41, 5.74) is 3.38. The predicted octanol–water partition coefficient (Wildman–Crippen LogP) is 2.09. The minimum Gasteiger partial charge on any atom is -0.378 e. The van der Waals surface area contributed by atoms with Gasteiger partial charge in [-0.3, -0.25) is 9.48 Å². The van der Waals surface area contributed by atoms with Crippen LogP contribution in [0.1, 0.15) is 36.3 Å². The van der Waals surface area contributed by atoms with Crippen molar-refractivity contribution in [3.63, 3.8) is 0 Å². The molecule has 0 saturated carbocycles. The number of nitrogens with zero attached hydrogens (tertiary/aromatic N) is 2. The number of nitrogens with one attached hydrogen (secondary N) is 1. The van der Waals surface area contributed by atoms with Gasteiger partial charge in [0, 0.05) is 19.3 Å². The van der Waals surface area contributed by atoms with Gasteiger partial charge in [0.05, 0.1) is 30.9 Å². The van der Waals surface area contributed by atoms with Crippen LogP contribution < -0.4 is 5.32 Å². The molecule has 0 spiro atoms. The van der Waals surface area contributed by atoms with Crippen LogP contribution in [0.25, 0.3) is 0 Å². The number of amides is 1. The molecule has 3 heterocycles. The van der Waals surface area contributed by atoms with Gasteiger partial charge in [0.25, 0.3) is 0 Å². The van der Waals surface area contributed by atoms with E-state index in [1.54, 1.807) is 0 Å². The largest absolute Gasteiger partial charge is 0.378 e. The summed E-state index contributed by atoms with van der Waals surface area (Å²) in [6, 6.07) is 10.3. The minimum absolute atomic E-state index is 0.0112. The first-order chi connectivity index (χ1) is 12.7. The SMILES string of the molecule is C[C@@H]1OCC[C@@H]1C(=O)NC[C@H]1OCCc2cn(Cc3ccccc3)nc21. The van der Waals surface area contributed by atoms with E-state index >= 15 is 0 Å². The Kier molecular flexibility index (Phi) is 5.04. The van der Waals surface area contributed by atoms with Crippen LogP contribution in [0.3, 0.4) is 0 Å². The Hall–Kier alpha value is -2.18. The van der Waals surface area contributed by atoms with E-state index in [0.717, 1.165) is 25.1 Å². The first kappa shape index (κ1) is 17.2. The molecule has 26 heavy (non-hydrogen) atoms. The monoisotopic (exact) mass is 355 g/mol. The molecule has 1 N–H and O–H groups in total. The van der Waals surface area contributed by atoms with Gasteiger partial charge in [-0.2, -0.15) is 5.10 Å². The maximum Gasteiger partial charge on any atom is 0.225 e. The maximum atomic E-state index is 12.4. The summed E-state index contributed by atoms with van der Waals surface area (Å²) in [7, 11) is 0. The number of aromatic nitrogens is 2. The van der Waals surface area contributed by atoms with Gasteiger partial charge in [-0.1, -0.05) is 30.3 Å². The third-order valence-electron chi connectivity index (χ3n) is 5.23. The van der Waals surface area contributed by atoms with Crippen molar-refractivity contribution in [1.29, 1.82) is 0 Å². The van der Waals surface area contributed by atoms with Crippen LogP contribution in [0.2, 0.25) is 0 Å². The number of ether oxygens (including phenoxy) is 2. The second-order valence-electron chi connectivity index (χ2n) is 7.05. The molecular weight excluding hydrogens is 330 g/mol. The first-order valence-electron chi connectivity index (χ1n) is 9.32. The van der Waals surface area contributed by atoms with Crippen molar-refractivity contribution < 1.29 is 14.3 Å². The van der Waals surface area contributed by atoms with Crippen molar-refractivity contribution >= 4 is 5.91 Å². The third-order valence-corrected chi connectivity index (χ3v) is 5.23. The molecule has 6 nitrogen and oxygen atoms in total. The summed E-state index contributed by atoms with van der Waals surface area (Å²) in [5.74, 6) is -0.0110. The Morgan fingerprint density at radius 2 is 2.12 bits per heavy atom. The van der Waals surface area contributed by atoms with Crippen molar-refractivity contribution in [3.05, 3.63) is 53.3 Å². The Morgan fingerprint density at radius 1 is 1.27 bits per heavy atom. The van der Waals surface area contributed by atoms with Gasteiger partial charge in [0.1, 0.15) is 6.10 Å². The van der Waals surface area contributed by atoms with Gasteiger partial charge in [-0.15, -0.1) is 0 Å². The lowest BCUT2D eigenvalue weighted by atomic mass is 10.0. The molecule has 1 aromatic carbocycles. The zero-order valence-corrected chi connectivity index (χ0v) is 15.1. The van der Waals surface area contributed by atoms with E-state index in [9.17, 15) is 4.79 Å². The van der Waals surface area contributed by atoms with E-state index in [2.05, 4.69) is 23.6 Å². The van der Waals surface area contributed by atoms with Gasteiger partial charge < -0.3 is 14.8 Å². The fraction of sp³-hybridized carbons (Fsp3) is 0.500. The first-order valence-corrected chi connectivity index (χ1v) is 9.32.